The predicted octanol–water partition coefficient (Wildman–Crippen LogP) is 3.44. The molecule has 0 unspecified atom stereocenters. The Morgan fingerprint density at radius 2 is 2.18 bits per heavy atom. The van der Waals surface area contributed by atoms with Gasteiger partial charge in [-0.15, -0.1) is 0 Å². The summed E-state index contributed by atoms with van der Waals surface area (Å²) in [5.74, 6) is 0.0365. The zero-order chi connectivity index (χ0) is 15.5. The molecular formula is C17H18N4O. The summed E-state index contributed by atoms with van der Waals surface area (Å²) in [5.41, 5.74) is 4.62. The maximum Gasteiger partial charge on any atom is 0.224 e. The van der Waals surface area contributed by atoms with Gasteiger partial charge >= 0.3 is 0 Å². The predicted molar refractivity (Wildman–Crippen MR) is 86.7 cm³/mol. The highest BCUT2D eigenvalue weighted by atomic mass is 16.1. The van der Waals surface area contributed by atoms with E-state index < -0.39 is 0 Å². The molecule has 0 saturated carbocycles. The molecule has 0 atom stereocenters. The Hall–Kier alpha value is -2.69. The molecule has 0 aliphatic heterocycles. The Labute approximate surface area is 129 Å². The van der Waals surface area contributed by atoms with Crippen LogP contribution in [0.25, 0.3) is 16.9 Å². The molecule has 0 aliphatic rings. The monoisotopic (exact) mass is 294 g/mol. The molecule has 2 aromatic heterocycles. The van der Waals surface area contributed by atoms with Crippen molar-refractivity contribution in [1.29, 1.82) is 0 Å². The highest BCUT2D eigenvalue weighted by Gasteiger charge is 2.08. The number of rotatable bonds is 4. The molecule has 1 amide bonds. The minimum atomic E-state index is 0.0365. The van der Waals surface area contributed by atoms with E-state index >= 15 is 0 Å². The first-order valence-corrected chi connectivity index (χ1v) is 7.38. The Bertz CT molecular complexity index is 822. The average molecular weight is 294 g/mol. The summed E-state index contributed by atoms with van der Waals surface area (Å²) >= 11 is 0. The van der Waals surface area contributed by atoms with E-state index in [0.29, 0.717) is 6.42 Å². The van der Waals surface area contributed by atoms with Gasteiger partial charge in [0.2, 0.25) is 5.91 Å². The smallest absolute Gasteiger partial charge is 0.224 e. The van der Waals surface area contributed by atoms with Crippen LogP contribution in [0.4, 0.5) is 5.69 Å². The number of carbonyl (C=O) groups excluding carboxylic acids is 1. The Morgan fingerprint density at radius 3 is 3.00 bits per heavy atom. The molecule has 5 heteroatoms. The highest BCUT2D eigenvalue weighted by Crippen LogP contribution is 2.23. The standard InChI is InChI=1S/C17H18N4O/c1-3-5-16(22)20-14-7-4-6-13(10-14)15-8-9-18-17-12(2)11-19-21(15)17/h4,6-11H,3,5H2,1-2H3,(H,20,22). The van der Waals surface area contributed by atoms with Crippen LogP contribution in [-0.2, 0) is 4.79 Å². The van der Waals surface area contributed by atoms with Crippen LogP contribution in [0.3, 0.4) is 0 Å². The molecular weight excluding hydrogens is 276 g/mol. The summed E-state index contributed by atoms with van der Waals surface area (Å²) in [4.78, 5) is 16.1. The third-order valence-electron chi connectivity index (χ3n) is 3.50. The van der Waals surface area contributed by atoms with Crippen molar-refractivity contribution in [3.05, 3.63) is 48.3 Å². The number of hydrogen-bond acceptors (Lipinski definition) is 3. The number of aryl methyl sites for hydroxylation is 1. The molecule has 1 N–H and O–H groups in total. The van der Waals surface area contributed by atoms with E-state index in [1.165, 1.54) is 0 Å². The van der Waals surface area contributed by atoms with Crippen molar-refractivity contribution in [2.45, 2.75) is 26.7 Å². The van der Waals surface area contributed by atoms with E-state index in [-0.39, 0.29) is 5.91 Å². The Morgan fingerprint density at radius 1 is 1.32 bits per heavy atom. The topological polar surface area (TPSA) is 59.3 Å². The van der Waals surface area contributed by atoms with E-state index in [1.54, 1.807) is 12.4 Å². The first-order valence-electron chi connectivity index (χ1n) is 7.38. The van der Waals surface area contributed by atoms with E-state index in [2.05, 4.69) is 15.4 Å². The number of carbonyl (C=O) groups is 1. The van der Waals surface area contributed by atoms with Crippen molar-refractivity contribution >= 4 is 17.2 Å². The number of fused-ring (bicyclic) bond motifs is 1. The normalized spacial score (nSPS) is 10.8. The van der Waals surface area contributed by atoms with E-state index in [1.807, 2.05) is 48.7 Å². The molecule has 0 aliphatic carbocycles. The lowest BCUT2D eigenvalue weighted by molar-refractivity contribution is -0.116. The molecule has 112 valence electrons. The lowest BCUT2D eigenvalue weighted by Crippen LogP contribution is -2.10. The molecule has 3 rings (SSSR count). The number of nitrogens with one attached hydrogen (secondary N) is 1. The summed E-state index contributed by atoms with van der Waals surface area (Å²) in [5, 5.41) is 7.30. The van der Waals surface area contributed by atoms with Gasteiger partial charge in [0.05, 0.1) is 11.9 Å². The summed E-state index contributed by atoms with van der Waals surface area (Å²) in [6.07, 6.45) is 4.95. The Kier molecular flexibility index (Phi) is 3.87. The van der Waals surface area contributed by atoms with Crippen LogP contribution in [0, 0.1) is 6.92 Å². The summed E-state index contributed by atoms with van der Waals surface area (Å²) < 4.78 is 1.82. The molecule has 0 fully saturated rings. The van der Waals surface area contributed by atoms with Crippen molar-refractivity contribution in [2.24, 2.45) is 0 Å². The maximum atomic E-state index is 11.7. The van der Waals surface area contributed by atoms with E-state index in [0.717, 1.165) is 34.6 Å². The van der Waals surface area contributed by atoms with Gasteiger partial charge < -0.3 is 5.32 Å². The third-order valence-corrected chi connectivity index (χ3v) is 3.50. The van der Waals surface area contributed by atoms with Crippen molar-refractivity contribution in [3.8, 4) is 11.3 Å². The minimum Gasteiger partial charge on any atom is -0.326 e. The zero-order valence-corrected chi connectivity index (χ0v) is 12.7. The number of aromatic nitrogens is 3. The lowest BCUT2D eigenvalue weighted by atomic mass is 10.1. The van der Waals surface area contributed by atoms with Crippen molar-refractivity contribution in [3.63, 3.8) is 0 Å². The van der Waals surface area contributed by atoms with Gasteiger partial charge in [-0.2, -0.15) is 5.10 Å². The molecule has 0 bridgehead atoms. The molecule has 2 heterocycles. The van der Waals surface area contributed by atoms with Gasteiger partial charge in [0.15, 0.2) is 5.65 Å². The summed E-state index contributed by atoms with van der Waals surface area (Å²) in [7, 11) is 0. The molecule has 1 aromatic carbocycles. The van der Waals surface area contributed by atoms with Crippen molar-refractivity contribution < 1.29 is 4.79 Å². The molecule has 22 heavy (non-hydrogen) atoms. The second-order valence-corrected chi connectivity index (χ2v) is 5.27. The van der Waals surface area contributed by atoms with Crippen LogP contribution in [0.2, 0.25) is 0 Å². The molecule has 0 spiro atoms. The number of nitrogens with zero attached hydrogens (tertiary/aromatic N) is 3. The minimum absolute atomic E-state index is 0.0365. The zero-order valence-electron chi connectivity index (χ0n) is 12.7. The molecule has 0 saturated heterocycles. The first kappa shape index (κ1) is 14.3. The van der Waals surface area contributed by atoms with Gasteiger partial charge in [-0.1, -0.05) is 19.1 Å². The lowest BCUT2D eigenvalue weighted by Gasteiger charge is -2.08. The fourth-order valence-electron chi connectivity index (χ4n) is 2.43. The van der Waals surface area contributed by atoms with Gasteiger partial charge in [0.1, 0.15) is 0 Å². The van der Waals surface area contributed by atoms with E-state index in [4.69, 9.17) is 0 Å². The number of amides is 1. The van der Waals surface area contributed by atoms with Crippen LogP contribution < -0.4 is 5.32 Å². The number of hydrogen-bond donors (Lipinski definition) is 1. The molecule has 3 aromatic rings. The van der Waals surface area contributed by atoms with Gasteiger partial charge in [0, 0.05) is 29.4 Å². The fourth-order valence-corrected chi connectivity index (χ4v) is 2.43. The largest absolute Gasteiger partial charge is 0.326 e. The SMILES string of the molecule is CCCC(=O)Nc1cccc(-c2ccnc3c(C)cnn23)c1. The Balaban J connectivity index is 1.99. The third kappa shape index (κ3) is 2.70. The first-order chi connectivity index (χ1) is 10.7. The molecule has 0 radical (unpaired) electrons. The van der Waals surface area contributed by atoms with Gasteiger partial charge in [0.25, 0.3) is 0 Å². The quantitative estimate of drug-likeness (QED) is 0.802. The molecule has 5 nitrogen and oxygen atoms in total. The summed E-state index contributed by atoms with van der Waals surface area (Å²) in [6.45, 7) is 3.98. The van der Waals surface area contributed by atoms with E-state index in [9.17, 15) is 4.79 Å². The maximum absolute atomic E-state index is 11.7. The summed E-state index contributed by atoms with van der Waals surface area (Å²) in [6, 6.07) is 9.70. The number of benzene rings is 1. The van der Waals surface area contributed by atoms with Crippen molar-refractivity contribution in [2.75, 3.05) is 5.32 Å². The van der Waals surface area contributed by atoms with Crippen LogP contribution in [0.1, 0.15) is 25.3 Å². The average Bonchev–Trinajstić information content (AvgIpc) is 2.89. The fraction of sp³-hybridized carbons (Fsp3) is 0.235. The second-order valence-electron chi connectivity index (χ2n) is 5.27. The van der Waals surface area contributed by atoms with Crippen molar-refractivity contribution in [1.82, 2.24) is 14.6 Å². The second kappa shape index (κ2) is 5.97. The van der Waals surface area contributed by atoms with Gasteiger partial charge in [-0.25, -0.2) is 9.50 Å². The van der Waals surface area contributed by atoms with Gasteiger partial charge in [-0.05, 0) is 31.5 Å². The van der Waals surface area contributed by atoms with Crippen LogP contribution in [-0.4, -0.2) is 20.5 Å². The van der Waals surface area contributed by atoms with Gasteiger partial charge in [-0.3, -0.25) is 4.79 Å². The van der Waals surface area contributed by atoms with Crippen LogP contribution in [0.15, 0.2) is 42.7 Å². The van der Waals surface area contributed by atoms with Crippen LogP contribution >= 0.6 is 0 Å². The van der Waals surface area contributed by atoms with Crippen LogP contribution in [0.5, 0.6) is 0 Å². The number of anilines is 1. The highest BCUT2D eigenvalue weighted by molar-refractivity contribution is 5.91.